The highest BCUT2D eigenvalue weighted by atomic mass is 33.1. The second-order valence-corrected chi connectivity index (χ2v) is 3.16. The Morgan fingerprint density at radius 2 is 2.00 bits per heavy atom. The largest absolute Gasteiger partial charge is 0.252 e. The maximum atomic E-state index is 4.00. The van der Waals surface area contributed by atoms with Gasteiger partial charge in [-0.15, -0.1) is 0 Å². The summed E-state index contributed by atoms with van der Waals surface area (Å²) in [7, 11) is 1.44. The minimum Gasteiger partial charge on any atom is -0.252 e. The van der Waals surface area contributed by atoms with E-state index in [0.29, 0.717) is 0 Å². The molecule has 1 rings (SSSR count). The van der Waals surface area contributed by atoms with Gasteiger partial charge in [0.25, 0.3) is 0 Å². The van der Waals surface area contributed by atoms with Gasteiger partial charge in [-0.2, -0.15) is 0 Å². The van der Waals surface area contributed by atoms with Crippen molar-refractivity contribution in [3.8, 4) is 0 Å². The summed E-state index contributed by atoms with van der Waals surface area (Å²) >= 11 is 4.00. The first kappa shape index (κ1) is 6.78. The molecule has 1 saturated carbocycles. The van der Waals surface area contributed by atoms with Gasteiger partial charge in [-0.05, 0) is 23.8 Å². The monoisotopic (exact) mass is 149 g/mol. The predicted octanol–water partition coefficient (Wildman–Crippen LogP) is 2.01. The Labute approximate surface area is 59.6 Å². The molecule has 0 heterocycles. The molecule has 1 aliphatic rings. The van der Waals surface area contributed by atoms with Crippen LogP contribution in [-0.4, -0.2) is 6.04 Å². The molecule has 0 amide bonds. The van der Waals surface area contributed by atoms with Crippen LogP contribution in [0.4, 0.5) is 0 Å². The molecule has 0 aliphatic heterocycles. The van der Waals surface area contributed by atoms with Gasteiger partial charge in [0.05, 0.1) is 0 Å². The van der Waals surface area contributed by atoms with Crippen molar-refractivity contribution in [3.05, 3.63) is 0 Å². The highest BCUT2D eigenvalue weighted by Crippen LogP contribution is 2.19. The topological polar surface area (TPSA) is 12.0 Å². The molecule has 0 bridgehead atoms. The molecule has 0 aromatic carbocycles. The van der Waals surface area contributed by atoms with Gasteiger partial charge in [0.2, 0.25) is 0 Å². The Morgan fingerprint density at radius 1 is 1.38 bits per heavy atom. The summed E-state index contributed by atoms with van der Waals surface area (Å²) in [5, 5.41) is 0. The van der Waals surface area contributed by atoms with Gasteiger partial charge in [0.15, 0.2) is 0 Å². The van der Waals surface area contributed by atoms with Gasteiger partial charge in [-0.25, -0.2) is 0 Å². The Morgan fingerprint density at radius 3 is 2.50 bits per heavy atom. The molecule has 0 radical (unpaired) electrons. The Bertz CT molecular complexity index is 61.4. The van der Waals surface area contributed by atoms with Crippen molar-refractivity contribution in [3.63, 3.8) is 0 Å². The van der Waals surface area contributed by atoms with Crippen LogP contribution in [0.1, 0.15) is 25.7 Å². The van der Waals surface area contributed by atoms with E-state index >= 15 is 0 Å². The zero-order chi connectivity index (χ0) is 5.82. The van der Waals surface area contributed by atoms with E-state index in [1.165, 1.54) is 36.7 Å². The first-order valence-corrected chi connectivity index (χ1v) is 4.86. The van der Waals surface area contributed by atoms with Crippen LogP contribution in [0.25, 0.3) is 0 Å². The molecule has 1 nitrogen and oxygen atoms in total. The van der Waals surface area contributed by atoms with E-state index in [2.05, 4.69) is 16.4 Å². The predicted molar refractivity (Wildman–Crippen MR) is 42.0 cm³/mol. The van der Waals surface area contributed by atoms with E-state index < -0.39 is 0 Å². The average Bonchev–Trinajstić information content (AvgIpc) is 2.19. The molecule has 0 saturated heterocycles. The summed E-state index contributed by atoms with van der Waals surface area (Å²) in [5.41, 5.74) is 0. The van der Waals surface area contributed by atoms with Gasteiger partial charge < -0.3 is 0 Å². The minimum absolute atomic E-state index is 0.748. The smallest absolute Gasteiger partial charge is 0.0179 e. The third kappa shape index (κ3) is 1.88. The minimum atomic E-state index is 0.748. The normalized spacial score (nSPS) is 22.1. The molecule has 0 aromatic heterocycles. The fourth-order valence-electron chi connectivity index (χ4n) is 1.12. The van der Waals surface area contributed by atoms with E-state index in [4.69, 9.17) is 0 Å². The molecule has 48 valence electrons. The lowest BCUT2D eigenvalue weighted by atomic mass is 10.3. The molecular formula is C5H11NS2. The van der Waals surface area contributed by atoms with Crippen LogP contribution in [0.3, 0.4) is 0 Å². The summed E-state index contributed by atoms with van der Waals surface area (Å²) in [4.78, 5) is 0. The molecule has 0 aromatic rings. The maximum absolute atomic E-state index is 4.00. The summed E-state index contributed by atoms with van der Waals surface area (Å²) in [6.45, 7) is 0. The van der Waals surface area contributed by atoms with E-state index in [1.54, 1.807) is 0 Å². The van der Waals surface area contributed by atoms with Crippen molar-refractivity contribution >= 4 is 22.6 Å². The lowest BCUT2D eigenvalue weighted by Crippen LogP contribution is -2.16. The third-order valence-electron chi connectivity index (χ3n) is 1.57. The Balaban J connectivity index is 2.06. The first-order valence-electron chi connectivity index (χ1n) is 2.99. The highest BCUT2D eigenvalue weighted by Gasteiger charge is 2.12. The third-order valence-corrected chi connectivity index (χ3v) is 2.33. The van der Waals surface area contributed by atoms with Crippen LogP contribution in [0.15, 0.2) is 0 Å². The number of hydrogen-bond acceptors (Lipinski definition) is 3. The van der Waals surface area contributed by atoms with Crippen LogP contribution >= 0.6 is 22.6 Å². The molecule has 1 N–H and O–H groups in total. The second kappa shape index (κ2) is 3.64. The van der Waals surface area contributed by atoms with Crippen molar-refractivity contribution in [2.24, 2.45) is 0 Å². The van der Waals surface area contributed by atoms with E-state index in [1.807, 2.05) is 0 Å². The maximum Gasteiger partial charge on any atom is 0.0179 e. The zero-order valence-electron chi connectivity index (χ0n) is 4.76. The van der Waals surface area contributed by atoms with Crippen molar-refractivity contribution < 1.29 is 0 Å². The fraction of sp³-hybridized carbons (Fsp3) is 1.00. The van der Waals surface area contributed by atoms with Crippen LogP contribution in [0.5, 0.6) is 0 Å². The number of rotatable bonds is 2. The van der Waals surface area contributed by atoms with Crippen molar-refractivity contribution in [1.29, 1.82) is 0 Å². The van der Waals surface area contributed by atoms with Crippen LogP contribution in [-0.2, 0) is 0 Å². The second-order valence-electron chi connectivity index (χ2n) is 2.19. The molecule has 0 spiro atoms. The first-order chi connectivity index (χ1) is 3.93. The fourth-order valence-corrected chi connectivity index (χ4v) is 1.95. The quantitative estimate of drug-likeness (QED) is 0.354. The van der Waals surface area contributed by atoms with Crippen molar-refractivity contribution in [2.75, 3.05) is 0 Å². The molecular weight excluding hydrogens is 138 g/mol. The Kier molecular flexibility index (Phi) is 3.08. The van der Waals surface area contributed by atoms with Crippen LogP contribution < -0.4 is 4.72 Å². The van der Waals surface area contributed by atoms with Crippen LogP contribution in [0.2, 0.25) is 0 Å². The lowest BCUT2D eigenvalue weighted by Gasteiger charge is -2.05. The molecule has 3 heteroatoms. The summed E-state index contributed by atoms with van der Waals surface area (Å²) in [5.74, 6) is 0. The van der Waals surface area contributed by atoms with E-state index in [0.717, 1.165) is 6.04 Å². The van der Waals surface area contributed by atoms with Crippen molar-refractivity contribution in [2.45, 2.75) is 31.7 Å². The molecule has 8 heavy (non-hydrogen) atoms. The van der Waals surface area contributed by atoms with E-state index in [-0.39, 0.29) is 0 Å². The van der Waals surface area contributed by atoms with Gasteiger partial charge >= 0.3 is 0 Å². The van der Waals surface area contributed by atoms with Crippen molar-refractivity contribution in [1.82, 2.24) is 4.72 Å². The number of thiol groups is 1. The van der Waals surface area contributed by atoms with E-state index in [9.17, 15) is 0 Å². The molecule has 0 atom stereocenters. The summed E-state index contributed by atoms with van der Waals surface area (Å²) < 4.78 is 3.23. The van der Waals surface area contributed by atoms with Gasteiger partial charge in [-0.3, -0.25) is 4.72 Å². The summed E-state index contributed by atoms with van der Waals surface area (Å²) in [6.07, 6.45) is 5.47. The molecule has 1 fully saturated rings. The lowest BCUT2D eigenvalue weighted by molar-refractivity contribution is 0.660. The highest BCUT2D eigenvalue weighted by molar-refractivity contribution is 8.67. The summed E-state index contributed by atoms with van der Waals surface area (Å²) in [6, 6.07) is 0.748. The zero-order valence-corrected chi connectivity index (χ0v) is 6.47. The molecule has 1 aliphatic carbocycles. The number of nitrogens with one attached hydrogen (secondary N) is 1. The number of hydrogen-bond donors (Lipinski definition) is 2. The van der Waals surface area contributed by atoms with Crippen LogP contribution in [0, 0.1) is 0 Å². The SMILES string of the molecule is SSNC1CCCC1. The van der Waals surface area contributed by atoms with Gasteiger partial charge in [-0.1, -0.05) is 24.5 Å². The Hall–Kier alpha value is 0.660. The van der Waals surface area contributed by atoms with Gasteiger partial charge in [0, 0.05) is 6.04 Å². The van der Waals surface area contributed by atoms with Gasteiger partial charge in [0.1, 0.15) is 0 Å². The average molecular weight is 149 g/mol. The molecule has 0 unspecified atom stereocenters. The standard InChI is InChI=1S/C5H11NS2/c7-8-6-5-3-1-2-4-5/h5-7H,1-4H2.